The SMILES string of the molecule is CC(C)c1ccc(OCC(=O)OC[C@H]2O[C@@H](n3cnc4c(=O)[nH]c(N)nc43)[C@H](O[Si](C)(C)C(C)(C)C)[C@@H]2OP(OCCC#N)N(C(C)C)C(C)C)cc1. The van der Waals surface area contributed by atoms with Gasteiger partial charge in [-0.3, -0.25) is 14.3 Å². The van der Waals surface area contributed by atoms with Crippen LogP contribution in [0, 0.1) is 11.3 Å². The molecule has 1 fully saturated rings. The molecule has 5 atom stereocenters. The van der Waals surface area contributed by atoms with Crippen molar-refractivity contribution in [2.75, 3.05) is 25.6 Å². The van der Waals surface area contributed by atoms with Gasteiger partial charge in [-0.1, -0.05) is 46.8 Å². The zero-order valence-electron chi connectivity index (χ0n) is 32.8. The van der Waals surface area contributed by atoms with Crippen molar-refractivity contribution in [3.63, 3.8) is 0 Å². The lowest BCUT2D eigenvalue weighted by molar-refractivity contribution is -0.152. The number of nitrogen functional groups attached to an aromatic ring is 1. The van der Waals surface area contributed by atoms with Crippen LogP contribution in [0.3, 0.4) is 0 Å². The highest BCUT2D eigenvalue weighted by Gasteiger charge is 2.54. The number of aromatic amines is 1. The van der Waals surface area contributed by atoms with Gasteiger partial charge in [0, 0.05) is 12.1 Å². The Morgan fingerprint density at radius 2 is 1.79 bits per heavy atom. The number of H-pyrrole nitrogens is 1. The normalized spacial score (nSPS) is 20.1. The molecule has 53 heavy (non-hydrogen) atoms. The molecular formula is C36H56N7O8PSi. The summed E-state index contributed by atoms with van der Waals surface area (Å²) >= 11 is 0. The molecule has 1 unspecified atom stereocenters. The predicted octanol–water partition coefficient (Wildman–Crippen LogP) is 6.40. The van der Waals surface area contributed by atoms with Gasteiger partial charge in [0.2, 0.25) is 5.95 Å². The third-order valence-corrected chi connectivity index (χ3v) is 16.0. The summed E-state index contributed by atoms with van der Waals surface area (Å²) in [4.78, 5) is 37.2. The van der Waals surface area contributed by atoms with Crippen molar-refractivity contribution in [3.05, 3.63) is 46.5 Å². The molecule has 0 bridgehead atoms. The maximum atomic E-state index is 13.1. The molecule has 292 valence electrons. The summed E-state index contributed by atoms with van der Waals surface area (Å²) in [6, 6.07) is 9.75. The smallest absolute Gasteiger partial charge is 0.344 e. The van der Waals surface area contributed by atoms with Crippen molar-refractivity contribution < 1.29 is 32.5 Å². The van der Waals surface area contributed by atoms with Gasteiger partial charge >= 0.3 is 5.97 Å². The van der Waals surface area contributed by atoms with Crippen LogP contribution < -0.4 is 16.0 Å². The first-order chi connectivity index (χ1) is 24.8. The van der Waals surface area contributed by atoms with E-state index in [1.165, 1.54) is 6.33 Å². The van der Waals surface area contributed by atoms with Gasteiger partial charge in [0.05, 0.1) is 25.4 Å². The largest absolute Gasteiger partial charge is 0.482 e. The van der Waals surface area contributed by atoms with Crippen LogP contribution in [0.4, 0.5) is 5.95 Å². The maximum absolute atomic E-state index is 13.1. The molecule has 1 aromatic carbocycles. The number of carbonyl (C=O) groups excluding carboxylic acids is 1. The fourth-order valence-electron chi connectivity index (χ4n) is 5.67. The standard InChI is InChI=1S/C36H56N7O8PSi/c1-22(2)25-13-15-26(16-14-25)46-20-28(44)47-19-27-30(50-52(48-18-12-17-37)43(23(3)4)24(5)6)31(51-53(10,11)36(7,8)9)34(49-27)42-21-39-29-32(42)40-35(38)41-33(29)45/h13-16,21-24,27,30-31,34H,12,18-20H2,1-11H3,(H3,38,40,41,45)/t27-,30-,31-,34-,52?/m1/s1. The van der Waals surface area contributed by atoms with Crippen LogP contribution in [0.15, 0.2) is 35.4 Å². The molecule has 15 nitrogen and oxygen atoms in total. The van der Waals surface area contributed by atoms with Crippen molar-refractivity contribution >= 4 is 39.9 Å². The Morgan fingerprint density at radius 1 is 1.13 bits per heavy atom. The molecule has 0 aliphatic carbocycles. The first kappa shape index (κ1) is 42.3. The molecule has 3 heterocycles. The molecule has 2 aromatic heterocycles. The third kappa shape index (κ3) is 10.4. The van der Waals surface area contributed by atoms with Gasteiger partial charge in [-0.25, -0.2) is 14.4 Å². The summed E-state index contributed by atoms with van der Waals surface area (Å²) in [5.41, 5.74) is 6.91. The highest BCUT2D eigenvalue weighted by Crippen LogP contribution is 2.52. The molecule has 4 rings (SSSR count). The van der Waals surface area contributed by atoms with Gasteiger partial charge in [0.1, 0.15) is 30.7 Å². The Morgan fingerprint density at radius 3 is 2.38 bits per heavy atom. The highest BCUT2D eigenvalue weighted by atomic mass is 31.2. The molecule has 17 heteroatoms. The van der Waals surface area contributed by atoms with Crippen molar-refractivity contribution in [1.82, 2.24) is 24.2 Å². The topological polar surface area (TPSA) is 189 Å². The van der Waals surface area contributed by atoms with Gasteiger partial charge in [-0.05, 0) is 69.4 Å². The van der Waals surface area contributed by atoms with Crippen molar-refractivity contribution in [2.24, 2.45) is 0 Å². The average molecular weight is 774 g/mol. The fraction of sp³-hybridized carbons (Fsp3) is 0.639. The zero-order valence-corrected chi connectivity index (χ0v) is 34.7. The molecule has 3 N–H and O–H groups in total. The van der Waals surface area contributed by atoms with Crippen LogP contribution in [0.1, 0.15) is 86.4 Å². The molecule has 0 saturated carbocycles. The van der Waals surface area contributed by atoms with E-state index in [0.29, 0.717) is 11.7 Å². The number of imidazole rings is 1. The summed E-state index contributed by atoms with van der Waals surface area (Å²) in [6.07, 6.45) is -1.81. The van der Waals surface area contributed by atoms with Gasteiger partial charge in [0.25, 0.3) is 14.1 Å². The number of nitrogens with one attached hydrogen (secondary N) is 1. The Bertz CT molecular complexity index is 1760. The van der Waals surface area contributed by atoms with E-state index < -0.39 is 52.9 Å². The Kier molecular flexibility index (Phi) is 14.2. The number of benzene rings is 1. The molecular weight excluding hydrogens is 717 g/mol. The monoisotopic (exact) mass is 773 g/mol. The van der Waals surface area contributed by atoms with Gasteiger partial charge in [-0.2, -0.15) is 10.2 Å². The Hall–Kier alpha value is -3.42. The van der Waals surface area contributed by atoms with Crippen LogP contribution >= 0.6 is 8.53 Å². The fourth-order valence-corrected chi connectivity index (χ4v) is 8.72. The van der Waals surface area contributed by atoms with Crippen LogP contribution in [0.2, 0.25) is 18.1 Å². The molecule has 0 amide bonds. The Balaban J connectivity index is 1.74. The number of carbonyl (C=O) groups is 1. The van der Waals surface area contributed by atoms with E-state index in [1.807, 2.05) is 52.0 Å². The van der Waals surface area contributed by atoms with E-state index in [-0.39, 0.29) is 60.5 Å². The van der Waals surface area contributed by atoms with Crippen molar-refractivity contribution in [2.45, 2.75) is 129 Å². The molecule has 1 aliphatic rings. The summed E-state index contributed by atoms with van der Waals surface area (Å²) in [7, 11) is -4.35. The van der Waals surface area contributed by atoms with E-state index >= 15 is 0 Å². The number of hydrogen-bond acceptors (Lipinski definition) is 13. The number of hydrogen-bond donors (Lipinski definition) is 2. The number of aromatic nitrogens is 4. The van der Waals surface area contributed by atoms with E-state index in [4.69, 9.17) is 33.4 Å². The predicted molar refractivity (Wildman–Crippen MR) is 206 cm³/mol. The van der Waals surface area contributed by atoms with E-state index in [1.54, 1.807) is 4.57 Å². The van der Waals surface area contributed by atoms with Gasteiger partial charge in [0.15, 0.2) is 32.3 Å². The van der Waals surface area contributed by atoms with Crippen molar-refractivity contribution in [1.29, 1.82) is 5.26 Å². The molecule has 1 saturated heterocycles. The summed E-state index contributed by atoms with van der Waals surface area (Å²) < 4.78 is 42.4. The number of ether oxygens (including phenoxy) is 3. The second kappa shape index (κ2) is 17.8. The van der Waals surface area contributed by atoms with Crippen LogP contribution in [0.5, 0.6) is 5.75 Å². The number of rotatable bonds is 17. The minimum atomic E-state index is -2.57. The first-order valence-electron chi connectivity index (χ1n) is 18.0. The molecule has 0 radical (unpaired) electrons. The summed E-state index contributed by atoms with van der Waals surface area (Å²) in [6.45, 7) is 22.6. The quantitative estimate of drug-likeness (QED) is 0.0665. The second-order valence-electron chi connectivity index (χ2n) is 15.5. The van der Waals surface area contributed by atoms with Crippen LogP contribution in [-0.4, -0.2) is 88.7 Å². The summed E-state index contributed by atoms with van der Waals surface area (Å²) in [5.74, 6) is 0.228. The van der Waals surface area contributed by atoms with Gasteiger partial charge < -0.3 is 33.4 Å². The Labute approximate surface area is 314 Å². The molecule has 1 aliphatic heterocycles. The zero-order chi connectivity index (χ0) is 39.2. The number of nitrogens with two attached hydrogens (primary N) is 1. The lowest BCUT2D eigenvalue weighted by atomic mass is 10.0. The summed E-state index contributed by atoms with van der Waals surface area (Å²) in [5, 5.41) is 9.11. The number of fused-ring (bicyclic) bond motifs is 1. The number of nitriles is 1. The van der Waals surface area contributed by atoms with E-state index in [0.717, 1.165) is 5.56 Å². The van der Waals surface area contributed by atoms with E-state index in [2.05, 4.69) is 73.4 Å². The highest BCUT2D eigenvalue weighted by molar-refractivity contribution is 7.44. The minimum Gasteiger partial charge on any atom is -0.482 e. The van der Waals surface area contributed by atoms with Crippen LogP contribution in [-0.2, 0) is 27.7 Å². The second-order valence-corrected chi connectivity index (χ2v) is 21.7. The van der Waals surface area contributed by atoms with Gasteiger partial charge in [-0.15, -0.1) is 0 Å². The minimum absolute atomic E-state index is 0.0144. The number of esters is 1. The third-order valence-electron chi connectivity index (χ3n) is 9.43. The average Bonchev–Trinajstić information content (AvgIpc) is 3.62. The van der Waals surface area contributed by atoms with E-state index in [9.17, 15) is 14.9 Å². The molecule has 3 aromatic rings. The first-order valence-corrected chi connectivity index (χ1v) is 22.1. The number of anilines is 1. The van der Waals surface area contributed by atoms with Crippen LogP contribution in [0.25, 0.3) is 11.2 Å². The lowest BCUT2D eigenvalue weighted by Crippen LogP contribution is -2.49. The van der Waals surface area contributed by atoms with Crippen molar-refractivity contribution in [3.8, 4) is 11.8 Å². The lowest BCUT2D eigenvalue weighted by Gasteiger charge is -2.42. The number of nitrogens with zero attached hydrogens (tertiary/aromatic N) is 5. The molecule has 0 spiro atoms. The maximum Gasteiger partial charge on any atom is 0.344 e.